The third-order valence-corrected chi connectivity index (χ3v) is 5.89. The summed E-state index contributed by atoms with van der Waals surface area (Å²) in [6.07, 6.45) is 0.571. The highest BCUT2D eigenvalue weighted by Crippen LogP contribution is 2.42. The SMILES string of the molecule is CCC(C)(C)C(O)c1cc(Br)c(Br)s1. The molecule has 0 aliphatic carbocycles. The summed E-state index contributed by atoms with van der Waals surface area (Å²) in [6.45, 7) is 6.26. The number of rotatable bonds is 3. The lowest BCUT2D eigenvalue weighted by molar-refractivity contribution is 0.0495. The van der Waals surface area contributed by atoms with Crippen molar-refractivity contribution in [2.45, 2.75) is 33.3 Å². The molecule has 0 spiro atoms. The summed E-state index contributed by atoms with van der Waals surface area (Å²) in [5.41, 5.74) is -0.0657. The van der Waals surface area contributed by atoms with E-state index in [1.165, 1.54) is 0 Å². The molecule has 0 aromatic carbocycles. The van der Waals surface area contributed by atoms with Crippen molar-refractivity contribution in [3.05, 3.63) is 19.2 Å². The van der Waals surface area contributed by atoms with E-state index in [-0.39, 0.29) is 11.5 Å². The van der Waals surface area contributed by atoms with Crippen molar-refractivity contribution in [3.8, 4) is 0 Å². The molecule has 0 radical (unpaired) electrons. The van der Waals surface area contributed by atoms with E-state index in [1.54, 1.807) is 11.3 Å². The van der Waals surface area contributed by atoms with E-state index in [9.17, 15) is 5.11 Å². The highest BCUT2D eigenvalue weighted by molar-refractivity contribution is 9.13. The second-order valence-corrected chi connectivity index (χ2v) is 7.27. The first-order valence-corrected chi connectivity index (χ1v) is 6.91. The van der Waals surface area contributed by atoms with E-state index >= 15 is 0 Å². The summed E-state index contributed by atoms with van der Waals surface area (Å²) in [4.78, 5) is 1.01. The van der Waals surface area contributed by atoms with Crippen molar-refractivity contribution in [1.29, 1.82) is 0 Å². The van der Waals surface area contributed by atoms with Crippen LogP contribution in [-0.2, 0) is 0 Å². The molecule has 1 heterocycles. The van der Waals surface area contributed by atoms with Gasteiger partial charge in [-0.2, -0.15) is 0 Å². The molecule has 1 nitrogen and oxygen atoms in total. The molecule has 80 valence electrons. The number of hydrogen-bond donors (Lipinski definition) is 1. The van der Waals surface area contributed by atoms with Crippen LogP contribution >= 0.6 is 43.2 Å². The Labute approximate surface area is 106 Å². The van der Waals surface area contributed by atoms with Crippen LogP contribution in [0.2, 0.25) is 0 Å². The summed E-state index contributed by atoms with van der Waals surface area (Å²) in [5, 5.41) is 10.2. The van der Waals surface area contributed by atoms with Gasteiger partial charge in [-0.1, -0.05) is 20.8 Å². The standard InChI is InChI=1S/C10H14Br2OS/c1-4-10(2,3)8(13)7-5-6(11)9(12)14-7/h5,8,13H,4H2,1-3H3. The van der Waals surface area contributed by atoms with Crippen LogP contribution in [0.1, 0.15) is 38.2 Å². The smallest absolute Gasteiger partial charge is 0.0933 e. The van der Waals surface area contributed by atoms with E-state index in [0.717, 1.165) is 19.6 Å². The van der Waals surface area contributed by atoms with Crippen LogP contribution in [0.5, 0.6) is 0 Å². The number of aliphatic hydroxyl groups is 1. The van der Waals surface area contributed by atoms with Gasteiger partial charge in [-0.3, -0.25) is 0 Å². The van der Waals surface area contributed by atoms with Crippen molar-refractivity contribution >= 4 is 43.2 Å². The molecule has 0 aliphatic heterocycles. The Morgan fingerprint density at radius 1 is 1.50 bits per heavy atom. The molecule has 1 aromatic heterocycles. The summed E-state index contributed by atoms with van der Waals surface area (Å²) in [6, 6.07) is 1.98. The van der Waals surface area contributed by atoms with Crippen LogP contribution in [0.25, 0.3) is 0 Å². The largest absolute Gasteiger partial charge is 0.387 e. The van der Waals surface area contributed by atoms with Crippen molar-refractivity contribution in [2.24, 2.45) is 5.41 Å². The van der Waals surface area contributed by atoms with Crippen LogP contribution in [0.4, 0.5) is 0 Å². The Balaban J connectivity index is 2.94. The maximum Gasteiger partial charge on any atom is 0.0933 e. The molecule has 0 bridgehead atoms. The first-order chi connectivity index (χ1) is 6.38. The molecule has 1 aromatic rings. The van der Waals surface area contributed by atoms with Gasteiger partial charge in [0.25, 0.3) is 0 Å². The predicted octanol–water partition coefficient (Wildman–Crippen LogP) is 4.74. The average Bonchev–Trinajstić information content (AvgIpc) is 2.45. The van der Waals surface area contributed by atoms with Gasteiger partial charge in [-0.25, -0.2) is 0 Å². The molecule has 0 fully saturated rings. The molecule has 4 heteroatoms. The van der Waals surface area contributed by atoms with Crippen LogP contribution in [0.3, 0.4) is 0 Å². The Bertz CT molecular complexity index is 300. The van der Waals surface area contributed by atoms with Crippen LogP contribution in [0.15, 0.2) is 14.3 Å². The van der Waals surface area contributed by atoms with Crippen molar-refractivity contribution in [1.82, 2.24) is 0 Å². The van der Waals surface area contributed by atoms with Crippen molar-refractivity contribution < 1.29 is 5.11 Å². The zero-order valence-corrected chi connectivity index (χ0v) is 12.5. The Kier molecular flexibility index (Phi) is 4.21. The normalized spacial score (nSPS) is 14.4. The third kappa shape index (κ3) is 2.60. The second kappa shape index (κ2) is 4.64. The van der Waals surface area contributed by atoms with Gasteiger partial charge in [0.05, 0.1) is 9.89 Å². The van der Waals surface area contributed by atoms with Gasteiger partial charge < -0.3 is 5.11 Å². The van der Waals surface area contributed by atoms with Crippen molar-refractivity contribution in [2.75, 3.05) is 0 Å². The van der Waals surface area contributed by atoms with Crippen LogP contribution in [-0.4, -0.2) is 5.11 Å². The molecule has 0 amide bonds. The molecular formula is C10H14Br2OS. The van der Waals surface area contributed by atoms with E-state index in [2.05, 4.69) is 52.6 Å². The topological polar surface area (TPSA) is 20.2 Å². The molecule has 1 N–H and O–H groups in total. The van der Waals surface area contributed by atoms with Crippen LogP contribution < -0.4 is 0 Å². The quantitative estimate of drug-likeness (QED) is 0.841. The lowest BCUT2D eigenvalue weighted by atomic mass is 9.83. The molecule has 14 heavy (non-hydrogen) atoms. The van der Waals surface area contributed by atoms with Gasteiger partial charge in [0.15, 0.2) is 0 Å². The summed E-state index contributed by atoms with van der Waals surface area (Å²) in [5.74, 6) is 0. The molecule has 0 aliphatic rings. The van der Waals surface area contributed by atoms with Crippen molar-refractivity contribution in [3.63, 3.8) is 0 Å². The van der Waals surface area contributed by atoms with Crippen LogP contribution in [0, 0.1) is 5.41 Å². The van der Waals surface area contributed by atoms with E-state index in [0.29, 0.717) is 0 Å². The number of thiophene rings is 1. The first kappa shape index (κ1) is 12.7. The van der Waals surface area contributed by atoms with Gasteiger partial charge >= 0.3 is 0 Å². The van der Waals surface area contributed by atoms with Gasteiger partial charge in [-0.15, -0.1) is 11.3 Å². The number of halogens is 2. The zero-order valence-electron chi connectivity index (χ0n) is 8.47. The Hall–Kier alpha value is 0.620. The van der Waals surface area contributed by atoms with Gasteiger partial charge in [0.1, 0.15) is 0 Å². The maximum atomic E-state index is 10.2. The fraction of sp³-hybridized carbons (Fsp3) is 0.600. The fourth-order valence-corrected chi connectivity index (χ4v) is 3.36. The fourth-order valence-electron chi connectivity index (χ4n) is 1.08. The summed E-state index contributed by atoms with van der Waals surface area (Å²) >= 11 is 8.44. The molecule has 1 atom stereocenters. The number of aliphatic hydroxyl groups excluding tert-OH is 1. The zero-order chi connectivity index (χ0) is 10.9. The Morgan fingerprint density at radius 3 is 2.43 bits per heavy atom. The monoisotopic (exact) mass is 340 g/mol. The van der Waals surface area contributed by atoms with E-state index in [4.69, 9.17) is 0 Å². The van der Waals surface area contributed by atoms with Gasteiger partial charge in [-0.05, 0) is 49.8 Å². The predicted molar refractivity (Wildman–Crippen MR) is 68.8 cm³/mol. The third-order valence-electron chi connectivity index (χ3n) is 2.59. The minimum atomic E-state index is -0.389. The Morgan fingerprint density at radius 2 is 2.07 bits per heavy atom. The molecule has 0 saturated heterocycles. The average molecular weight is 342 g/mol. The molecule has 0 saturated carbocycles. The highest BCUT2D eigenvalue weighted by Gasteiger charge is 2.28. The lowest BCUT2D eigenvalue weighted by Gasteiger charge is -2.28. The van der Waals surface area contributed by atoms with E-state index < -0.39 is 0 Å². The first-order valence-electron chi connectivity index (χ1n) is 4.51. The molecule has 1 unspecified atom stereocenters. The van der Waals surface area contributed by atoms with Gasteiger partial charge in [0.2, 0.25) is 0 Å². The molecular weight excluding hydrogens is 328 g/mol. The maximum absolute atomic E-state index is 10.2. The van der Waals surface area contributed by atoms with Gasteiger partial charge in [0, 0.05) is 9.35 Å². The highest BCUT2D eigenvalue weighted by atomic mass is 79.9. The second-order valence-electron chi connectivity index (χ2n) is 4.02. The number of hydrogen-bond acceptors (Lipinski definition) is 2. The summed E-state index contributed by atoms with van der Waals surface area (Å²) < 4.78 is 2.06. The lowest BCUT2D eigenvalue weighted by Crippen LogP contribution is -2.19. The minimum absolute atomic E-state index is 0.0657. The van der Waals surface area contributed by atoms with E-state index in [1.807, 2.05) is 6.07 Å². The molecule has 1 rings (SSSR count). The summed E-state index contributed by atoms with van der Waals surface area (Å²) in [7, 11) is 0. The minimum Gasteiger partial charge on any atom is -0.387 e.